The topological polar surface area (TPSA) is 38.7 Å². The first-order valence-corrected chi connectivity index (χ1v) is 6.28. The fourth-order valence-corrected chi connectivity index (χ4v) is 2.11. The number of ether oxygens (including phenoxy) is 2. The van der Waals surface area contributed by atoms with Gasteiger partial charge in [0.15, 0.2) is 11.5 Å². The molecule has 0 aromatic heterocycles. The summed E-state index contributed by atoms with van der Waals surface area (Å²) in [5.74, 6) is 1.58. The second-order valence-corrected chi connectivity index (χ2v) is 4.58. The summed E-state index contributed by atoms with van der Waals surface area (Å²) >= 11 is 0. The van der Waals surface area contributed by atoms with Crippen LogP contribution < -0.4 is 9.47 Å². The first-order chi connectivity index (χ1) is 9.56. The minimum Gasteiger partial charge on any atom is -0.508 e. The van der Waals surface area contributed by atoms with Gasteiger partial charge in [0.2, 0.25) is 0 Å². The van der Waals surface area contributed by atoms with Crippen LogP contribution in [-0.2, 0) is 0 Å². The molecule has 0 unspecified atom stereocenters. The summed E-state index contributed by atoms with van der Waals surface area (Å²) in [4.78, 5) is 0. The predicted molar refractivity (Wildman–Crippen MR) is 81.4 cm³/mol. The highest BCUT2D eigenvalue weighted by Crippen LogP contribution is 2.38. The van der Waals surface area contributed by atoms with Crippen molar-refractivity contribution < 1.29 is 14.6 Å². The number of rotatable bonds is 4. The second kappa shape index (κ2) is 5.70. The SMILES string of the molecule is C=C(C)c1cc(OC)c(OC)cc1-c1ccc(O)cc1. The summed E-state index contributed by atoms with van der Waals surface area (Å²) in [5.41, 5.74) is 3.92. The van der Waals surface area contributed by atoms with Gasteiger partial charge in [0.05, 0.1) is 14.2 Å². The van der Waals surface area contributed by atoms with Gasteiger partial charge in [-0.2, -0.15) is 0 Å². The Balaban J connectivity index is 2.66. The number of hydrogen-bond acceptors (Lipinski definition) is 3. The number of allylic oxidation sites excluding steroid dienone is 1. The van der Waals surface area contributed by atoms with Gasteiger partial charge in [-0.25, -0.2) is 0 Å². The van der Waals surface area contributed by atoms with E-state index in [1.54, 1.807) is 26.4 Å². The molecule has 0 radical (unpaired) electrons. The van der Waals surface area contributed by atoms with Crippen LogP contribution in [0, 0.1) is 0 Å². The molecular weight excluding hydrogens is 252 g/mol. The number of hydrogen-bond donors (Lipinski definition) is 1. The van der Waals surface area contributed by atoms with Crippen LogP contribution in [-0.4, -0.2) is 19.3 Å². The van der Waals surface area contributed by atoms with Crippen molar-refractivity contribution in [3.63, 3.8) is 0 Å². The largest absolute Gasteiger partial charge is 0.508 e. The van der Waals surface area contributed by atoms with Crippen molar-refractivity contribution in [2.75, 3.05) is 14.2 Å². The van der Waals surface area contributed by atoms with Crippen LogP contribution in [0.15, 0.2) is 43.0 Å². The zero-order chi connectivity index (χ0) is 14.7. The molecule has 0 bridgehead atoms. The molecule has 2 aromatic carbocycles. The third kappa shape index (κ3) is 2.62. The fourth-order valence-electron chi connectivity index (χ4n) is 2.11. The third-order valence-corrected chi connectivity index (χ3v) is 3.16. The summed E-state index contributed by atoms with van der Waals surface area (Å²) in [7, 11) is 3.22. The summed E-state index contributed by atoms with van der Waals surface area (Å²) in [6, 6.07) is 10.9. The number of phenolic OH excluding ortho intramolecular Hbond substituents is 1. The smallest absolute Gasteiger partial charge is 0.161 e. The van der Waals surface area contributed by atoms with E-state index in [0.29, 0.717) is 11.5 Å². The molecule has 0 fully saturated rings. The van der Waals surface area contributed by atoms with Crippen molar-refractivity contribution in [1.29, 1.82) is 0 Å². The average molecular weight is 270 g/mol. The lowest BCUT2D eigenvalue weighted by atomic mass is 9.95. The highest BCUT2D eigenvalue weighted by Gasteiger charge is 2.13. The van der Waals surface area contributed by atoms with Gasteiger partial charge in [0, 0.05) is 0 Å². The summed E-state index contributed by atoms with van der Waals surface area (Å²) < 4.78 is 10.7. The van der Waals surface area contributed by atoms with E-state index in [1.807, 2.05) is 31.2 Å². The molecule has 3 nitrogen and oxygen atoms in total. The van der Waals surface area contributed by atoms with Crippen molar-refractivity contribution in [2.45, 2.75) is 6.92 Å². The Hall–Kier alpha value is -2.42. The van der Waals surface area contributed by atoms with Crippen LogP contribution in [0.3, 0.4) is 0 Å². The maximum Gasteiger partial charge on any atom is 0.161 e. The van der Waals surface area contributed by atoms with Crippen LogP contribution in [0.5, 0.6) is 17.2 Å². The maximum atomic E-state index is 9.40. The van der Waals surface area contributed by atoms with Gasteiger partial charge in [0.1, 0.15) is 5.75 Å². The normalized spacial score (nSPS) is 10.2. The minimum absolute atomic E-state index is 0.242. The monoisotopic (exact) mass is 270 g/mol. The molecular formula is C17H18O3. The molecule has 0 saturated carbocycles. The van der Waals surface area contributed by atoms with E-state index in [9.17, 15) is 5.11 Å². The van der Waals surface area contributed by atoms with E-state index < -0.39 is 0 Å². The molecule has 0 spiro atoms. The zero-order valence-corrected chi connectivity index (χ0v) is 11.9. The highest BCUT2D eigenvalue weighted by molar-refractivity contribution is 5.82. The molecule has 2 rings (SSSR count). The molecule has 0 amide bonds. The Morgan fingerprint density at radius 2 is 1.55 bits per heavy atom. The van der Waals surface area contributed by atoms with Crippen LogP contribution >= 0.6 is 0 Å². The first-order valence-electron chi connectivity index (χ1n) is 6.28. The number of methoxy groups -OCH3 is 2. The molecule has 3 heteroatoms. The molecule has 0 aliphatic rings. The molecule has 104 valence electrons. The van der Waals surface area contributed by atoms with Crippen molar-refractivity contribution in [3.8, 4) is 28.4 Å². The average Bonchev–Trinajstić information content (AvgIpc) is 2.46. The summed E-state index contributed by atoms with van der Waals surface area (Å²) in [5, 5.41) is 9.40. The Morgan fingerprint density at radius 3 is 2.05 bits per heavy atom. The zero-order valence-electron chi connectivity index (χ0n) is 11.9. The standard InChI is InChI=1S/C17H18O3/c1-11(2)14-9-16(19-3)17(20-4)10-15(14)12-5-7-13(18)8-6-12/h5-10,18H,1H2,2-4H3. The van der Waals surface area contributed by atoms with Crippen LogP contribution in [0.25, 0.3) is 16.7 Å². The highest BCUT2D eigenvalue weighted by atomic mass is 16.5. The van der Waals surface area contributed by atoms with Gasteiger partial charge < -0.3 is 14.6 Å². The Morgan fingerprint density at radius 1 is 1.00 bits per heavy atom. The van der Waals surface area contributed by atoms with E-state index in [2.05, 4.69) is 6.58 Å². The van der Waals surface area contributed by atoms with Crippen LogP contribution in [0.1, 0.15) is 12.5 Å². The number of phenols is 1. The molecule has 0 heterocycles. The van der Waals surface area contributed by atoms with E-state index in [4.69, 9.17) is 9.47 Å². The van der Waals surface area contributed by atoms with Gasteiger partial charge in [-0.15, -0.1) is 0 Å². The molecule has 0 saturated heterocycles. The van der Waals surface area contributed by atoms with Crippen LogP contribution in [0.2, 0.25) is 0 Å². The van der Waals surface area contributed by atoms with E-state index in [1.165, 1.54) is 0 Å². The molecule has 0 aliphatic heterocycles. The summed E-state index contributed by atoms with van der Waals surface area (Å²) in [6.45, 7) is 5.96. The second-order valence-electron chi connectivity index (χ2n) is 4.58. The van der Waals surface area contributed by atoms with Gasteiger partial charge in [0.25, 0.3) is 0 Å². The fraction of sp³-hybridized carbons (Fsp3) is 0.176. The van der Waals surface area contributed by atoms with Crippen molar-refractivity contribution in [2.24, 2.45) is 0 Å². The van der Waals surface area contributed by atoms with E-state index >= 15 is 0 Å². The van der Waals surface area contributed by atoms with Gasteiger partial charge in [-0.3, -0.25) is 0 Å². The lowest BCUT2D eigenvalue weighted by Gasteiger charge is -2.15. The molecule has 1 N–H and O–H groups in total. The van der Waals surface area contributed by atoms with Crippen molar-refractivity contribution in [1.82, 2.24) is 0 Å². The Kier molecular flexibility index (Phi) is 3.99. The molecule has 20 heavy (non-hydrogen) atoms. The van der Waals surface area contributed by atoms with Gasteiger partial charge in [-0.1, -0.05) is 24.3 Å². The van der Waals surface area contributed by atoms with Crippen LogP contribution in [0.4, 0.5) is 0 Å². The summed E-state index contributed by atoms with van der Waals surface area (Å²) in [6.07, 6.45) is 0. The number of aromatic hydroxyl groups is 1. The molecule has 2 aromatic rings. The third-order valence-electron chi connectivity index (χ3n) is 3.16. The molecule has 0 atom stereocenters. The lowest BCUT2D eigenvalue weighted by Crippen LogP contribution is -1.95. The van der Waals surface area contributed by atoms with Crippen molar-refractivity contribution >= 4 is 5.57 Å². The van der Waals surface area contributed by atoms with E-state index in [-0.39, 0.29) is 5.75 Å². The Labute approximate surface area is 119 Å². The predicted octanol–water partition coefficient (Wildman–Crippen LogP) is 4.11. The quantitative estimate of drug-likeness (QED) is 0.908. The van der Waals surface area contributed by atoms with Gasteiger partial charge in [-0.05, 0) is 47.9 Å². The minimum atomic E-state index is 0.242. The van der Waals surface area contributed by atoms with Crippen molar-refractivity contribution in [3.05, 3.63) is 48.5 Å². The van der Waals surface area contributed by atoms with Gasteiger partial charge >= 0.3 is 0 Å². The van der Waals surface area contributed by atoms with E-state index in [0.717, 1.165) is 22.3 Å². The maximum absolute atomic E-state index is 9.40. The number of benzene rings is 2. The lowest BCUT2D eigenvalue weighted by molar-refractivity contribution is 0.355. The molecule has 0 aliphatic carbocycles. The first kappa shape index (κ1) is 14.0. The Bertz CT molecular complexity index is 627.